The van der Waals surface area contributed by atoms with Gasteiger partial charge in [0, 0.05) is 28.4 Å². The maximum Gasteiger partial charge on any atom is 0.161 e. The van der Waals surface area contributed by atoms with Gasteiger partial charge < -0.3 is 5.73 Å². The van der Waals surface area contributed by atoms with E-state index in [4.69, 9.17) is 17.3 Å². The molecule has 2 N–H and O–H groups in total. The number of hydrogen-bond donors (Lipinski definition) is 1. The number of aryl methyl sites for hydroxylation is 1. The number of Topliss-reactive ketones (excluding diaryl/α,β-unsaturated/α-hetero) is 1. The van der Waals surface area contributed by atoms with Gasteiger partial charge in [0.2, 0.25) is 0 Å². The van der Waals surface area contributed by atoms with Crippen molar-refractivity contribution in [1.29, 1.82) is 5.26 Å². The number of carbonyl (C=O) groups excluding carboxylic acids is 1. The highest BCUT2D eigenvalue weighted by molar-refractivity contribution is 8.01. The molecule has 2 aliphatic rings. The molecule has 0 spiro atoms. The molecule has 2 aromatic rings. The number of nitriles is 1. The first-order valence-electron chi connectivity index (χ1n) is 9.90. The lowest BCUT2D eigenvalue weighted by Crippen LogP contribution is -2.38. The van der Waals surface area contributed by atoms with Gasteiger partial charge in [-0.3, -0.25) is 9.69 Å². The van der Waals surface area contributed by atoms with Crippen LogP contribution in [-0.2, 0) is 4.79 Å². The molecule has 1 atom stereocenters. The number of ketones is 1. The van der Waals surface area contributed by atoms with E-state index in [2.05, 4.69) is 13.0 Å². The molecule has 0 fully saturated rings. The normalized spacial score (nSPS) is 19.2. The molecule has 154 valence electrons. The maximum atomic E-state index is 13.2. The first-order valence-corrected chi connectivity index (χ1v) is 12.1. The number of allylic oxidation sites excluding steroid dienone is 3. The average Bonchev–Trinajstić information content (AvgIpc) is 3.18. The highest BCUT2D eigenvalue weighted by Crippen LogP contribution is 2.49. The highest BCUT2D eigenvalue weighted by Gasteiger charge is 2.41. The Kier molecular flexibility index (Phi) is 5.97. The minimum atomic E-state index is -0.407. The van der Waals surface area contributed by atoms with E-state index in [1.807, 2.05) is 41.5 Å². The molecule has 1 aromatic heterocycles. The Labute approximate surface area is 190 Å². The number of carbonyl (C=O) groups is 1. The van der Waals surface area contributed by atoms with Crippen molar-refractivity contribution >= 4 is 46.2 Å². The number of hydrogen-bond acceptors (Lipinski definition) is 6. The minimum Gasteiger partial charge on any atom is -0.384 e. The summed E-state index contributed by atoms with van der Waals surface area (Å²) in [7, 11) is 0. The molecule has 1 aromatic carbocycles. The summed E-state index contributed by atoms with van der Waals surface area (Å²) in [6.07, 6.45) is 2.01. The molecule has 1 aliphatic heterocycles. The van der Waals surface area contributed by atoms with Gasteiger partial charge in [0.15, 0.2) is 5.78 Å². The summed E-state index contributed by atoms with van der Waals surface area (Å²) in [4.78, 5) is 15.0. The third-order valence-electron chi connectivity index (χ3n) is 5.57. The zero-order valence-electron chi connectivity index (χ0n) is 16.9. The van der Waals surface area contributed by atoms with Gasteiger partial charge in [-0.1, -0.05) is 24.6 Å². The minimum absolute atomic E-state index is 0.100. The number of rotatable bonds is 4. The van der Waals surface area contributed by atoms with Crippen molar-refractivity contribution in [2.75, 3.05) is 10.7 Å². The summed E-state index contributed by atoms with van der Waals surface area (Å²) in [5, 5.41) is 12.8. The van der Waals surface area contributed by atoms with Crippen LogP contribution in [-0.4, -0.2) is 11.5 Å². The van der Waals surface area contributed by atoms with Crippen LogP contribution in [0.3, 0.4) is 0 Å². The van der Waals surface area contributed by atoms with E-state index < -0.39 is 5.92 Å². The third kappa shape index (κ3) is 3.45. The lowest BCUT2D eigenvalue weighted by Gasteiger charge is -2.39. The number of nitrogens with two attached hydrogens (primary N) is 1. The monoisotopic (exact) mass is 455 g/mol. The Morgan fingerprint density at radius 1 is 1.37 bits per heavy atom. The van der Waals surface area contributed by atoms with Crippen LogP contribution in [0.1, 0.15) is 43.2 Å². The lowest BCUT2D eigenvalue weighted by atomic mass is 9.76. The van der Waals surface area contributed by atoms with E-state index in [1.54, 1.807) is 23.1 Å². The van der Waals surface area contributed by atoms with Crippen molar-refractivity contribution < 1.29 is 4.79 Å². The van der Waals surface area contributed by atoms with Gasteiger partial charge in [-0.05, 0) is 60.2 Å². The standard InChI is InChI=1S/C23H22ClN3OS2/c1-3-29-23-15(9-10-30-23)20-16(12-25)22(26)27(14-8-7-13(2)17(24)11-14)18-5-4-6-19(28)21(18)20/h7-11,20H,3-6,26H2,1-2H3/t20-/m1/s1. The van der Waals surface area contributed by atoms with Gasteiger partial charge >= 0.3 is 0 Å². The number of thiophene rings is 1. The largest absolute Gasteiger partial charge is 0.384 e. The first-order chi connectivity index (χ1) is 14.5. The highest BCUT2D eigenvalue weighted by atomic mass is 35.5. The van der Waals surface area contributed by atoms with Gasteiger partial charge in [0.25, 0.3) is 0 Å². The van der Waals surface area contributed by atoms with Crippen molar-refractivity contribution in [3.63, 3.8) is 0 Å². The lowest BCUT2D eigenvalue weighted by molar-refractivity contribution is -0.116. The molecule has 7 heteroatoms. The van der Waals surface area contributed by atoms with Crippen LogP contribution in [0.5, 0.6) is 0 Å². The number of halogens is 1. The second kappa shape index (κ2) is 8.50. The van der Waals surface area contributed by atoms with Crippen molar-refractivity contribution in [1.82, 2.24) is 0 Å². The Bertz CT molecular complexity index is 1130. The van der Waals surface area contributed by atoms with Crippen LogP contribution >= 0.6 is 34.7 Å². The summed E-state index contributed by atoms with van der Waals surface area (Å²) >= 11 is 9.77. The third-order valence-corrected chi connectivity index (χ3v) is 8.13. The Morgan fingerprint density at radius 3 is 2.87 bits per heavy atom. The fourth-order valence-electron chi connectivity index (χ4n) is 4.18. The molecular formula is C23H22ClN3OS2. The molecule has 0 bridgehead atoms. The fraction of sp³-hybridized carbons (Fsp3) is 0.304. The molecule has 0 saturated heterocycles. The van der Waals surface area contributed by atoms with E-state index >= 15 is 0 Å². The summed E-state index contributed by atoms with van der Waals surface area (Å²) in [6, 6.07) is 10.1. The van der Waals surface area contributed by atoms with Crippen LogP contribution in [0.2, 0.25) is 5.02 Å². The number of thioether (sulfide) groups is 1. The van der Waals surface area contributed by atoms with Crippen LogP contribution in [0.15, 0.2) is 56.5 Å². The SMILES string of the molecule is CCSc1sccc1[C@@H]1C(C#N)=C(N)N(c2ccc(C)c(Cl)c2)C2=C1C(=O)CCC2. The van der Waals surface area contributed by atoms with Crippen LogP contribution in [0.25, 0.3) is 0 Å². The molecule has 0 radical (unpaired) electrons. The number of benzene rings is 1. The zero-order chi connectivity index (χ0) is 21.4. The second-order valence-corrected chi connectivity index (χ2v) is 10.2. The topological polar surface area (TPSA) is 70.1 Å². The van der Waals surface area contributed by atoms with Crippen molar-refractivity contribution in [3.8, 4) is 6.07 Å². The molecule has 4 nitrogen and oxygen atoms in total. The molecule has 0 unspecified atom stereocenters. The summed E-state index contributed by atoms with van der Waals surface area (Å²) in [6.45, 7) is 4.04. The van der Waals surface area contributed by atoms with Crippen LogP contribution < -0.4 is 10.6 Å². The summed E-state index contributed by atoms with van der Waals surface area (Å²) in [5.41, 5.74) is 11.4. The quantitative estimate of drug-likeness (QED) is 0.561. The van der Waals surface area contributed by atoms with Crippen molar-refractivity contribution in [2.24, 2.45) is 5.73 Å². The molecule has 2 heterocycles. The van der Waals surface area contributed by atoms with Crippen molar-refractivity contribution in [2.45, 2.75) is 43.2 Å². The van der Waals surface area contributed by atoms with Gasteiger partial charge in [-0.25, -0.2) is 0 Å². The summed E-state index contributed by atoms with van der Waals surface area (Å²) in [5.74, 6) is 1.00. The van der Waals surface area contributed by atoms with Gasteiger partial charge in [-0.15, -0.1) is 23.1 Å². The van der Waals surface area contributed by atoms with E-state index in [-0.39, 0.29) is 5.78 Å². The molecular weight excluding hydrogens is 434 g/mol. The summed E-state index contributed by atoms with van der Waals surface area (Å²) < 4.78 is 1.14. The fourth-order valence-corrected chi connectivity index (χ4v) is 6.42. The Balaban J connectivity index is 1.96. The first kappa shape index (κ1) is 21.0. The van der Waals surface area contributed by atoms with E-state index in [0.717, 1.165) is 45.3 Å². The molecule has 1 aliphatic carbocycles. The van der Waals surface area contributed by atoms with E-state index in [1.165, 1.54) is 0 Å². The van der Waals surface area contributed by atoms with Gasteiger partial charge in [0.1, 0.15) is 5.82 Å². The molecule has 0 saturated carbocycles. The Hall–Kier alpha value is -2.20. The molecule has 0 amide bonds. The molecule has 4 rings (SSSR count). The predicted molar refractivity (Wildman–Crippen MR) is 125 cm³/mol. The molecule has 30 heavy (non-hydrogen) atoms. The van der Waals surface area contributed by atoms with E-state index in [0.29, 0.717) is 28.4 Å². The predicted octanol–water partition coefficient (Wildman–Crippen LogP) is 6.13. The van der Waals surface area contributed by atoms with Gasteiger partial charge in [0.05, 0.1) is 21.8 Å². The van der Waals surface area contributed by atoms with E-state index in [9.17, 15) is 10.1 Å². The van der Waals surface area contributed by atoms with Gasteiger partial charge in [-0.2, -0.15) is 5.26 Å². The smallest absolute Gasteiger partial charge is 0.161 e. The second-order valence-electron chi connectivity index (χ2n) is 7.35. The van der Waals surface area contributed by atoms with Crippen LogP contribution in [0, 0.1) is 18.3 Å². The van der Waals surface area contributed by atoms with Crippen LogP contribution in [0.4, 0.5) is 5.69 Å². The Morgan fingerprint density at radius 2 is 2.17 bits per heavy atom. The number of anilines is 1. The maximum absolute atomic E-state index is 13.2. The average molecular weight is 456 g/mol. The van der Waals surface area contributed by atoms with Crippen molar-refractivity contribution in [3.05, 3.63) is 68.5 Å². The zero-order valence-corrected chi connectivity index (χ0v) is 19.3. The number of nitrogens with zero attached hydrogens (tertiary/aromatic N) is 2.